The minimum atomic E-state index is -0.0234. The number of hydrogen-bond donors (Lipinski definition) is 1. The van der Waals surface area contributed by atoms with Crippen LogP contribution >= 0.6 is 0 Å². The molecule has 2 N–H and O–H groups in total. The van der Waals surface area contributed by atoms with Crippen LogP contribution in [0.15, 0.2) is 18.5 Å². The summed E-state index contributed by atoms with van der Waals surface area (Å²) in [6.45, 7) is 4.26. The van der Waals surface area contributed by atoms with E-state index in [0.29, 0.717) is 17.8 Å². The average molecular weight is 263 g/mol. The zero-order chi connectivity index (χ0) is 13.7. The molecule has 1 unspecified atom stereocenters. The molecule has 1 aromatic rings. The van der Waals surface area contributed by atoms with E-state index in [0.717, 1.165) is 32.4 Å². The summed E-state index contributed by atoms with van der Waals surface area (Å²) >= 11 is 0. The minimum Gasteiger partial charge on any atom is -0.397 e. The van der Waals surface area contributed by atoms with Gasteiger partial charge in [0.05, 0.1) is 23.6 Å². The number of carbonyl (C=O) groups is 1. The van der Waals surface area contributed by atoms with Gasteiger partial charge < -0.3 is 15.4 Å². The van der Waals surface area contributed by atoms with Crippen LogP contribution < -0.4 is 5.73 Å². The van der Waals surface area contributed by atoms with Crippen molar-refractivity contribution in [2.45, 2.75) is 32.3 Å². The number of hydrogen-bond acceptors (Lipinski definition) is 4. The van der Waals surface area contributed by atoms with Crippen molar-refractivity contribution in [2.24, 2.45) is 0 Å². The Balaban J connectivity index is 2.01. The zero-order valence-electron chi connectivity index (χ0n) is 11.3. The molecule has 0 aromatic carbocycles. The van der Waals surface area contributed by atoms with Crippen LogP contribution in [0.25, 0.3) is 0 Å². The van der Waals surface area contributed by atoms with Crippen molar-refractivity contribution < 1.29 is 9.53 Å². The number of carbonyl (C=O) groups excluding carboxylic acids is 1. The summed E-state index contributed by atoms with van der Waals surface area (Å²) in [5.74, 6) is -0.0234. The van der Waals surface area contributed by atoms with Crippen molar-refractivity contribution in [3.63, 3.8) is 0 Å². The van der Waals surface area contributed by atoms with Gasteiger partial charge in [0.1, 0.15) is 0 Å². The van der Waals surface area contributed by atoms with E-state index in [2.05, 4.69) is 11.9 Å². The molecule has 1 amide bonds. The first-order chi connectivity index (χ1) is 9.22. The maximum atomic E-state index is 12.4. The first kappa shape index (κ1) is 13.8. The molecule has 1 saturated heterocycles. The fourth-order valence-electron chi connectivity index (χ4n) is 2.31. The number of amides is 1. The second kappa shape index (κ2) is 6.52. The molecule has 5 nitrogen and oxygen atoms in total. The number of piperidine rings is 1. The van der Waals surface area contributed by atoms with Gasteiger partial charge in [0.15, 0.2) is 0 Å². The largest absolute Gasteiger partial charge is 0.397 e. The lowest BCUT2D eigenvalue weighted by molar-refractivity contribution is 0.00214. The van der Waals surface area contributed by atoms with E-state index >= 15 is 0 Å². The molecule has 5 heteroatoms. The van der Waals surface area contributed by atoms with Crippen LogP contribution in [0.4, 0.5) is 5.69 Å². The van der Waals surface area contributed by atoms with Gasteiger partial charge in [-0.3, -0.25) is 9.78 Å². The Labute approximate surface area is 113 Å². The van der Waals surface area contributed by atoms with E-state index in [9.17, 15) is 4.79 Å². The number of rotatable bonds is 4. The highest BCUT2D eigenvalue weighted by atomic mass is 16.5. The second-order valence-electron chi connectivity index (χ2n) is 4.85. The molecule has 0 radical (unpaired) electrons. The summed E-state index contributed by atoms with van der Waals surface area (Å²) < 4.78 is 5.74. The fraction of sp³-hybridized carbons (Fsp3) is 0.571. The number of likely N-dealkylation sites (tertiary alicyclic amines) is 1. The van der Waals surface area contributed by atoms with Gasteiger partial charge in [-0.2, -0.15) is 0 Å². The van der Waals surface area contributed by atoms with Crippen molar-refractivity contribution in [1.29, 1.82) is 0 Å². The van der Waals surface area contributed by atoms with Gasteiger partial charge in [-0.15, -0.1) is 0 Å². The number of pyridine rings is 1. The van der Waals surface area contributed by atoms with Crippen LogP contribution in [-0.2, 0) is 4.74 Å². The summed E-state index contributed by atoms with van der Waals surface area (Å²) in [5.41, 5.74) is 6.77. The normalized spacial score (nSPS) is 19.4. The van der Waals surface area contributed by atoms with E-state index in [-0.39, 0.29) is 12.0 Å². The van der Waals surface area contributed by atoms with E-state index in [1.165, 1.54) is 6.20 Å². The summed E-state index contributed by atoms with van der Waals surface area (Å²) in [7, 11) is 0. The topological polar surface area (TPSA) is 68.5 Å². The van der Waals surface area contributed by atoms with Gasteiger partial charge in [-0.25, -0.2) is 0 Å². The Morgan fingerprint density at radius 1 is 1.63 bits per heavy atom. The van der Waals surface area contributed by atoms with Crippen LogP contribution in [0, 0.1) is 0 Å². The summed E-state index contributed by atoms with van der Waals surface area (Å²) in [4.78, 5) is 18.1. The molecule has 1 fully saturated rings. The lowest BCUT2D eigenvalue weighted by atomic mass is 10.1. The van der Waals surface area contributed by atoms with Gasteiger partial charge in [0.25, 0.3) is 5.91 Å². The highest BCUT2D eigenvalue weighted by Crippen LogP contribution is 2.18. The Bertz CT molecular complexity index is 436. The van der Waals surface area contributed by atoms with E-state index in [1.54, 1.807) is 12.3 Å². The first-order valence-electron chi connectivity index (χ1n) is 6.82. The third-order valence-corrected chi connectivity index (χ3v) is 3.31. The number of anilines is 1. The lowest BCUT2D eigenvalue weighted by Crippen LogP contribution is -2.43. The first-order valence-corrected chi connectivity index (χ1v) is 6.82. The predicted octanol–water partition coefficient (Wildman–Crippen LogP) is 1.70. The van der Waals surface area contributed by atoms with E-state index < -0.39 is 0 Å². The molecule has 0 bridgehead atoms. The number of nitrogen functional groups attached to an aromatic ring is 1. The van der Waals surface area contributed by atoms with Crippen molar-refractivity contribution >= 4 is 11.6 Å². The third-order valence-electron chi connectivity index (χ3n) is 3.31. The Morgan fingerprint density at radius 3 is 3.21 bits per heavy atom. The molecule has 1 aliphatic rings. The highest BCUT2D eigenvalue weighted by molar-refractivity contribution is 5.98. The quantitative estimate of drug-likeness (QED) is 0.897. The second-order valence-corrected chi connectivity index (χ2v) is 4.85. The van der Waals surface area contributed by atoms with Gasteiger partial charge in [0, 0.05) is 25.9 Å². The van der Waals surface area contributed by atoms with Crippen molar-refractivity contribution in [2.75, 3.05) is 25.4 Å². The van der Waals surface area contributed by atoms with Crippen LogP contribution in [0.2, 0.25) is 0 Å². The molecule has 2 rings (SSSR count). The van der Waals surface area contributed by atoms with Gasteiger partial charge in [0.2, 0.25) is 0 Å². The Morgan fingerprint density at radius 2 is 2.47 bits per heavy atom. The van der Waals surface area contributed by atoms with Crippen LogP contribution in [0.5, 0.6) is 0 Å². The van der Waals surface area contributed by atoms with Crippen molar-refractivity contribution in [3.8, 4) is 0 Å². The molecule has 1 atom stereocenters. The maximum Gasteiger partial charge on any atom is 0.256 e. The molecule has 0 aliphatic carbocycles. The van der Waals surface area contributed by atoms with Crippen LogP contribution in [-0.4, -0.2) is 41.6 Å². The smallest absolute Gasteiger partial charge is 0.256 e. The molecule has 19 heavy (non-hydrogen) atoms. The highest BCUT2D eigenvalue weighted by Gasteiger charge is 2.25. The lowest BCUT2D eigenvalue weighted by Gasteiger charge is -2.32. The molecular formula is C14H21N3O2. The molecule has 1 aromatic heterocycles. The van der Waals surface area contributed by atoms with E-state index in [1.807, 2.05) is 4.90 Å². The summed E-state index contributed by atoms with van der Waals surface area (Å²) in [6, 6.07) is 1.67. The number of nitrogens with two attached hydrogens (primary N) is 1. The van der Waals surface area contributed by atoms with Crippen molar-refractivity contribution in [3.05, 3.63) is 24.0 Å². The summed E-state index contributed by atoms with van der Waals surface area (Å²) in [6.07, 6.45) is 6.27. The monoisotopic (exact) mass is 263 g/mol. The number of nitrogens with zero attached hydrogens (tertiary/aromatic N) is 2. The molecule has 2 heterocycles. The SMILES string of the molecule is CCCOC1CCCN(C(=O)c2ccncc2N)C1. The predicted molar refractivity (Wildman–Crippen MR) is 73.8 cm³/mol. The van der Waals surface area contributed by atoms with Crippen LogP contribution in [0.3, 0.4) is 0 Å². The zero-order valence-corrected chi connectivity index (χ0v) is 11.3. The molecular weight excluding hydrogens is 242 g/mol. The van der Waals surface area contributed by atoms with Crippen LogP contribution in [0.1, 0.15) is 36.5 Å². The van der Waals surface area contributed by atoms with Gasteiger partial charge in [-0.1, -0.05) is 6.92 Å². The standard InChI is InChI=1S/C14H21N3O2/c1-2-8-19-11-4-3-7-17(10-11)14(18)12-5-6-16-9-13(12)15/h5-6,9,11H,2-4,7-8,10,15H2,1H3. The molecule has 0 spiro atoms. The van der Waals surface area contributed by atoms with Gasteiger partial charge in [-0.05, 0) is 25.3 Å². The van der Waals surface area contributed by atoms with Crippen molar-refractivity contribution in [1.82, 2.24) is 9.88 Å². The molecule has 0 saturated carbocycles. The number of aromatic nitrogens is 1. The van der Waals surface area contributed by atoms with E-state index in [4.69, 9.17) is 10.5 Å². The third kappa shape index (κ3) is 3.44. The summed E-state index contributed by atoms with van der Waals surface area (Å²) in [5, 5.41) is 0. The molecule has 104 valence electrons. The average Bonchev–Trinajstić information content (AvgIpc) is 2.45. The Kier molecular flexibility index (Phi) is 4.74. The Hall–Kier alpha value is -1.62. The van der Waals surface area contributed by atoms with Gasteiger partial charge >= 0.3 is 0 Å². The fourth-order valence-corrected chi connectivity index (χ4v) is 2.31. The molecule has 1 aliphatic heterocycles. The maximum absolute atomic E-state index is 12.4. The number of ether oxygens (including phenoxy) is 1. The minimum absolute atomic E-state index is 0.0234.